The molecule has 1 fully saturated rings. The van der Waals surface area contributed by atoms with Crippen LogP contribution in [0.5, 0.6) is 11.5 Å². The molecule has 0 atom stereocenters. The van der Waals surface area contributed by atoms with E-state index in [4.69, 9.17) is 14.5 Å². The molecule has 0 amide bonds. The van der Waals surface area contributed by atoms with E-state index in [9.17, 15) is 13.6 Å². The summed E-state index contributed by atoms with van der Waals surface area (Å²) in [4.78, 5) is 20.0. The fourth-order valence-corrected chi connectivity index (χ4v) is 4.00. The van der Waals surface area contributed by atoms with Gasteiger partial charge in [-0.25, -0.2) is 13.8 Å². The Kier molecular flexibility index (Phi) is 5.22. The molecule has 32 heavy (non-hydrogen) atoms. The van der Waals surface area contributed by atoms with Crippen molar-refractivity contribution in [1.82, 2.24) is 14.5 Å². The first-order chi connectivity index (χ1) is 15.5. The van der Waals surface area contributed by atoms with Crippen LogP contribution in [0.25, 0.3) is 22.2 Å². The molecular formula is C24H21F2N3O3. The highest BCUT2D eigenvalue weighted by Crippen LogP contribution is 2.41. The predicted octanol–water partition coefficient (Wildman–Crippen LogP) is 4.89. The molecule has 6 nitrogen and oxygen atoms in total. The lowest BCUT2D eigenvalue weighted by Gasteiger charge is -2.19. The molecule has 1 aliphatic rings. The van der Waals surface area contributed by atoms with Crippen molar-refractivity contribution in [3.8, 4) is 22.6 Å². The molecule has 2 aromatic heterocycles. The zero-order valence-electron chi connectivity index (χ0n) is 17.4. The monoisotopic (exact) mass is 437 g/mol. The molecule has 0 bridgehead atoms. The number of hydrogen-bond acceptors (Lipinski definition) is 4. The highest BCUT2D eigenvalue weighted by molar-refractivity contribution is 5.91. The number of para-hydroxylation sites is 1. The van der Waals surface area contributed by atoms with Gasteiger partial charge in [-0.1, -0.05) is 6.07 Å². The quantitative estimate of drug-likeness (QED) is 0.493. The van der Waals surface area contributed by atoms with Crippen molar-refractivity contribution in [3.63, 3.8) is 0 Å². The maximum atomic E-state index is 14.4. The number of H-pyrrole nitrogens is 1. The van der Waals surface area contributed by atoms with E-state index < -0.39 is 17.4 Å². The fourth-order valence-electron chi connectivity index (χ4n) is 4.00. The molecule has 5 rings (SSSR count). The van der Waals surface area contributed by atoms with Crippen LogP contribution in [0.4, 0.5) is 8.78 Å². The van der Waals surface area contributed by atoms with Crippen LogP contribution < -0.4 is 10.3 Å². The van der Waals surface area contributed by atoms with Gasteiger partial charge in [-0.15, -0.1) is 0 Å². The predicted molar refractivity (Wildman–Crippen MR) is 116 cm³/mol. The number of halogens is 2. The maximum absolute atomic E-state index is 14.4. The summed E-state index contributed by atoms with van der Waals surface area (Å²) in [5, 5.41) is 0. The summed E-state index contributed by atoms with van der Waals surface area (Å²) in [6, 6.07) is 10.3. The third-order valence-corrected chi connectivity index (χ3v) is 5.75. The Labute approximate surface area is 182 Å². The van der Waals surface area contributed by atoms with Gasteiger partial charge in [-0.05, 0) is 43.2 Å². The van der Waals surface area contributed by atoms with E-state index in [1.54, 1.807) is 25.4 Å². The summed E-state index contributed by atoms with van der Waals surface area (Å²) in [7, 11) is 1.64. The normalized spacial score (nSPS) is 14.7. The van der Waals surface area contributed by atoms with E-state index in [1.807, 2.05) is 6.07 Å². The van der Waals surface area contributed by atoms with E-state index in [2.05, 4.69) is 4.98 Å². The largest absolute Gasteiger partial charge is 0.448 e. The molecule has 0 saturated carbocycles. The summed E-state index contributed by atoms with van der Waals surface area (Å²) in [6.45, 7) is 1.32. The average molecular weight is 437 g/mol. The Morgan fingerprint density at radius 2 is 1.81 bits per heavy atom. The number of aromatic nitrogens is 3. The number of rotatable bonds is 4. The zero-order valence-corrected chi connectivity index (χ0v) is 17.4. The van der Waals surface area contributed by atoms with Gasteiger partial charge in [0.25, 0.3) is 0 Å². The van der Waals surface area contributed by atoms with Gasteiger partial charge in [0.1, 0.15) is 11.3 Å². The van der Waals surface area contributed by atoms with E-state index in [1.165, 1.54) is 16.7 Å². The first-order valence-electron chi connectivity index (χ1n) is 10.4. The van der Waals surface area contributed by atoms with Gasteiger partial charge >= 0.3 is 0 Å². The molecular weight excluding hydrogens is 416 g/mol. The number of hydrogen-bond donors (Lipinski definition) is 1. The molecule has 3 heterocycles. The second-order valence-electron chi connectivity index (χ2n) is 7.87. The van der Waals surface area contributed by atoms with Crippen molar-refractivity contribution in [3.05, 3.63) is 76.5 Å². The van der Waals surface area contributed by atoms with E-state index in [-0.39, 0.29) is 17.2 Å². The van der Waals surface area contributed by atoms with Crippen LogP contribution in [0.15, 0.2) is 53.5 Å². The molecule has 0 spiro atoms. The third-order valence-electron chi connectivity index (χ3n) is 5.75. The second-order valence-corrected chi connectivity index (χ2v) is 7.87. The van der Waals surface area contributed by atoms with Crippen LogP contribution >= 0.6 is 0 Å². The van der Waals surface area contributed by atoms with E-state index >= 15 is 0 Å². The topological polar surface area (TPSA) is 69.1 Å². The Bertz CT molecular complexity index is 1340. The molecule has 8 heteroatoms. The number of ether oxygens (including phenoxy) is 2. The summed E-state index contributed by atoms with van der Waals surface area (Å²) in [5.74, 6) is -0.904. The Balaban J connectivity index is 1.70. The molecule has 0 unspecified atom stereocenters. The first-order valence-corrected chi connectivity index (χ1v) is 10.4. The zero-order chi connectivity index (χ0) is 22.2. The highest BCUT2D eigenvalue weighted by Gasteiger charge is 2.23. The van der Waals surface area contributed by atoms with Crippen LogP contribution in [0.2, 0.25) is 0 Å². The number of aromatic amines is 1. The highest BCUT2D eigenvalue weighted by atomic mass is 19.1. The van der Waals surface area contributed by atoms with Crippen LogP contribution in [-0.4, -0.2) is 27.7 Å². The number of nitrogens with zero attached hydrogens (tertiary/aromatic N) is 2. The lowest BCUT2D eigenvalue weighted by Crippen LogP contribution is -2.15. The minimum Gasteiger partial charge on any atom is -0.448 e. The molecule has 4 aromatic rings. The van der Waals surface area contributed by atoms with Crippen molar-refractivity contribution in [1.29, 1.82) is 0 Å². The molecule has 0 radical (unpaired) electrons. The number of pyridine rings is 1. The van der Waals surface area contributed by atoms with Crippen LogP contribution in [0.3, 0.4) is 0 Å². The fraction of sp³-hybridized carbons (Fsp3) is 0.250. The summed E-state index contributed by atoms with van der Waals surface area (Å²) >= 11 is 0. The lowest BCUT2D eigenvalue weighted by molar-refractivity contribution is 0.0838. The number of imidazole rings is 1. The molecule has 2 aromatic carbocycles. The Morgan fingerprint density at radius 1 is 1.06 bits per heavy atom. The van der Waals surface area contributed by atoms with Gasteiger partial charge in [0.15, 0.2) is 23.1 Å². The number of nitrogens with one attached hydrogen (secondary N) is 1. The van der Waals surface area contributed by atoms with Crippen molar-refractivity contribution in [2.24, 2.45) is 7.05 Å². The van der Waals surface area contributed by atoms with Crippen molar-refractivity contribution in [2.75, 3.05) is 13.2 Å². The smallest absolute Gasteiger partial charge is 0.250 e. The van der Waals surface area contributed by atoms with Gasteiger partial charge in [-0.2, -0.15) is 0 Å². The lowest BCUT2D eigenvalue weighted by atomic mass is 10.00. The van der Waals surface area contributed by atoms with Gasteiger partial charge < -0.3 is 19.0 Å². The van der Waals surface area contributed by atoms with Gasteiger partial charge in [0.05, 0.1) is 5.52 Å². The summed E-state index contributed by atoms with van der Waals surface area (Å²) < 4.78 is 41.6. The Morgan fingerprint density at radius 3 is 2.53 bits per heavy atom. The van der Waals surface area contributed by atoms with E-state index in [0.29, 0.717) is 35.4 Å². The minimum atomic E-state index is -0.811. The molecule has 0 aliphatic carbocycles. The van der Waals surface area contributed by atoms with Crippen molar-refractivity contribution >= 4 is 11.0 Å². The van der Waals surface area contributed by atoms with Gasteiger partial charge in [-0.3, -0.25) is 4.79 Å². The molecule has 164 valence electrons. The van der Waals surface area contributed by atoms with Crippen molar-refractivity contribution < 1.29 is 18.3 Å². The average Bonchev–Trinajstić information content (AvgIpc) is 3.24. The van der Waals surface area contributed by atoms with Crippen LogP contribution in [-0.2, 0) is 11.8 Å². The minimum absolute atomic E-state index is 0.168. The second kappa shape index (κ2) is 8.20. The summed E-state index contributed by atoms with van der Waals surface area (Å²) in [5.41, 5.74) is 2.24. The number of fused-ring (bicyclic) bond motifs is 1. The Hall–Kier alpha value is -3.52. The molecule has 1 N–H and O–H groups in total. The molecule has 1 saturated heterocycles. The van der Waals surface area contributed by atoms with Gasteiger partial charge in [0.2, 0.25) is 5.56 Å². The number of aryl methyl sites for hydroxylation is 1. The first kappa shape index (κ1) is 20.4. The third kappa shape index (κ3) is 3.67. The summed E-state index contributed by atoms with van der Waals surface area (Å²) in [6.07, 6.45) is 3.33. The maximum Gasteiger partial charge on any atom is 0.250 e. The van der Waals surface area contributed by atoms with E-state index in [0.717, 1.165) is 30.8 Å². The van der Waals surface area contributed by atoms with Gasteiger partial charge in [0, 0.05) is 49.6 Å². The SMILES string of the molecule is Cn1cc(-c2ccc3[nH]c(C4CCOCC4)nc3c2Oc2c(F)cccc2F)ccc1=O. The van der Waals surface area contributed by atoms with Crippen LogP contribution in [0.1, 0.15) is 24.6 Å². The molecule has 1 aliphatic heterocycles. The van der Waals surface area contributed by atoms with Crippen molar-refractivity contribution in [2.45, 2.75) is 18.8 Å². The standard InChI is InChI=1S/C24H21F2N3O3/c1-29-13-15(5-8-20(29)30)16-6-7-19-21(28-24(27-19)14-9-11-31-12-10-14)22(16)32-23-17(25)3-2-4-18(23)26/h2-8,13-14H,9-12H2,1H3,(H,27,28). The van der Waals surface area contributed by atoms with Crippen LogP contribution in [0, 0.1) is 11.6 Å². The number of benzene rings is 2.